The predicted molar refractivity (Wildman–Crippen MR) is 110 cm³/mol. The molecule has 4 rings (SSSR count). The molecule has 1 aromatic carbocycles. The van der Waals surface area contributed by atoms with Crippen LogP contribution in [0.1, 0.15) is 11.8 Å². The lowest BCUT2D eigenvalue weighted by atomic mass is 10.0. The van der Waals surface area contributed by atoms with Crippen LogP contribution in [0.25, 0.3) is 16.1 Å². The molecule has 1 atom stereocenters. The van der Waals surface area contributed by atoms with Gasteiger partial charge in [0.1, 0.15) is 5.54 Å². The number of halogens is 1. The van der Waals surface area contributed by atoms with E-state index in [1.54, 1.807) is 19.3 Å². The maximum atomic E-state index is 12.5. The third kappa shape index (κ3) is 3.17. The van der Waals surface area contributed by atoms with Gasteiger partial charge in [-0.3, -0.25) is 0 Å². The maximum absolute atomic E-state index is 12.5. The van der Waals surface area contributed by atoms with Crippen LogP contribution in [0.4, 0.5) is 0 Å². The average Bonchev–Trinajstić information content (AvgIpc) is 3.29. The van der Waals surface area contributed by atoms with Crippen LogP contribution in [-0.4, -0.2) is 46.5 Å². The fourth-order valence-electron chi connectivity index (χ4n) is 3.08. The second-order valence-electron chi connectivity index (χ2n) is 6.62. The van der Waals surface area contributed by atoms with E-state index in [4.69, 9.17) is 17.3 Å². The molecule has 1 unspecified atom stereocenters. The van der Waals surface area contributed by atoms with Crippen molar-refractivity contribution in [3.8, 4) is 16.1 Å². The molecule has 1 aliphatic heterocycles. The number of hydrogen-bond acceptors (Lipinski definition) is 7. The molecule has 8 nitrogen and oxygen atoms in total. The topological polar surface area (TPSA) is 106 Å². The van der Waals surface area contributed by atoms with Crippen LogP contribution >= 0.6 is 22.9 Å². The van der Waals surface area contributed by atoms with Gasteiger partial charge in [0.25, 0.3) is 0 Å². The molecule has 0 amide bonds. The van der Waals surface area contributed by atoms with Crippen molar-refractivity contribution in [3.63, 3.8) is 0 Å². The number of nitrogens with two attached hydrogens (primary N) is 1. The van der Waals surface area contributed by atoms with Gasteiger partial charge >= 0.3 is 0 Å². The van der Waals surface area contributed by atoms with Crippen LogP contribution in [0.3, 0.4) is 0 Å². The molecule has 0 aliphatic carbocycles. The van der Waals surface area contributed by atoms with Gasteiger partial charge in [-0.05, 0) is 30.7 Å². The van der Waals surface area contributed by atoms with E-state index in [1.165, 1.54) is 23.2 Å². The third-order valence-corrected chi connectivity index (χ3v) is 8.32. The molecule has 0 radical (unpaired) electrons. The van der Waals surface area contributed by atoms with E-state index in [2.05, 4.69) is 15.2 Å². The molecule has 28 heavy (non-hydrogen) atoms. The third-order valence-electron chi connectivity index (χ3n) is 4.52. The Labute approximate surface area is 171 Å². The molecule has 2 N–H and O–H groups in total. The zero-order chi connectivity index (χ0) is 20.1. The van der Waals surface area contributed by atoms with Crippen LogP contribution in [0.5, 0.6) is 0 Å². The predicted octanol–water partition coefficient (Wildman–Crippen LogP) is 2.45. The first-order valence-electron chi connectivity index (χ1n) is 8.28. The molecular weight excluding hydrogens is 420 g/mol. The fraction of sp³-hybridized carbons (Fsp3) is 0.235. The number of nitrogens with zero attached hydrogens (tertiary/aromatic N) is 5. The first-order valence-corrected chi connectivity index (χ1v) is 11.1. The van der Waals surface area contributed by atoms with E-state index >= 15 is 0 Å². The number of aliphatic imine (C=N–C) groups is 1. The molecule has 0 spiro atoms. The summed E-state index contributed by atoms with van der Waals surface area (Å²) in [6.07, 6.45) is 3.22. The highest BCUT2D eigenvalue weighted by molar-refractivity contribution is 7.89. The van der Waals surface area contributed by atoms with E-state index in [1.807, 2.05) is 30.3 Å². The minimum atomic E-state index is -3.57. The summed E-state index contributed by atoms with van der Waals surface area (Å²) in [5.74, 6) is -0.250. The number of thiophene rings is 1. The highest BCUT2D eigenvalue weighted by Gasteiger charge is 2.42. The molecule has 11 heteroatoms. The SMILES string of the molecule is CN1C(N)=NC(C)(c2sc(-c3cccc(-n4nccn4)c3)cc2Cl)CS1(=O)=O. The lowest BCUT2D eigenvalue weighted by molar-refractivity contribution is 0.482. The lowest BCUT2D eigenvalue weighted by Gasteiger charge is -2.33. The zero-order valence-corrected chi connectivity index (χ0v) is 17.5. The molecule has 2 aromatic heterocycles. The molecule has 3 aromatic rings. The van der Waals surface area contributed by atoms with Crippen molar-refractivity contribution in [2.24, 2.45) is 10.7 Å². The molecular formula is C17H17ClN6O2S2. The first-order chi connectivity index (χ1) is 13.2. The normalized spacial score (nSPS) is 21.5. The first kappa shape index (κ1) is 18.9. The second-order valence-corrected chi connectivity index (χ2v) is 10.1. The van der Waals surface area contributed by atoms with Gasteiger partial charge in [-0.1, -0.05) is 23.7 Å². The largest absolute Gasteiger partial charge is 0.369 e. The monoisotopic (exact) mass is 436 g/mol. The number of guanidine groups is 1. The van der Waals surface area contributed by atoms with Crippen molar-refractivity contribution in [2.75, 3.05) is 12.8 Å². The van der Waals surface area contributed by atoms with Crippen molar-refractivity contribution in [2.45, 2.75) is 12.5 Å². The van der Waals surface area contributed by atoms with E-state index in [-0.39, 0.29) is 11.7 Å². The number of hydrogen-bond donors (Lipinski definition) is 1. The summed E-state index contributed by atoms with van der Waals surface area (Å²) in [5.41, 5.74) is 6.54. The van der Waals surface area contributed by atoms with Crippen molar-refractivity contribution >= 4 is 38.9 Å². The van der Waals surface area contributed by atoms with Gasteiger partial charge in [0, 0.05) is 11.9 Å². The number of benzene rings is 1. The van der Waals surface area contributed by atoms with E-state index in [0.717, 1.165) is 20.4 Å². The Hall–Kier alpha value is -2.43. The summed E-state index contributed by atoms with van der Waals surface area (Å²) in [6, 6.07) is 9.51. The molecule has 0 saturated heterocycles. The molecule has 1 aliphatic rings. The quantitative estimate of drug-likeness (QED) is 0.678. The van der Waals surface area contributed by atoms with Crippen molar-refractivity contribution in [3.05, 3.63) is 52.6 Å². The Morgan fingerprint density at radius 3 is 2.64 bits per heavy atom. The smallest absolute Gasteiger partial charge is 0.239 e. The van der Waals surface area contributed by atoms with E-state index < -0.39 is 15.6 Å². The van der Waals surface area contributed by atoms with Crippen LogP contribution in [-0.2, 0) is 15.6 Å². The molecule has 0 bridgehead atoms. The summed E-state index contributed by atoms with van der Waals surface area (Å²) >= 11 is 7.90. The zero-order valence-electron chi connectivity index (χ0n) is 15.1. The summed E-state index contributed by atoms with van der Waals surface area (Å²) in [7, 11) is -2.18. The maximum Gasteiger partial charge on any atom is 0.239 e. The van der Waals surface area contributed by atoms with Gasteiger partial charge in [0.2, 0.25) is 16.0 Å². The van der Waals surface area contributed by atoms with Crippen LogP contribution < -0.4 is 5.73 Å². The molecule has 3 heterocycles. The Morgan fingerprint density at radius 2 is 1.96 bits per heavy atom. The Balaban J connectivity index is 1.77. The summed E-state index contributed by atoms with van der Waals surface area (Å²) in [6.45, 7) is 1.73. The van der Waals surface area contributed by atoms with Crippen molar-refractivity contribution < 1.29 is 8.42 Å². The lowest BCUT2D eigenvalue weighted by Crippen LogP contribution is -2.50. The van der Waals surface area contributed by atoms with Crippen LogP contribution in [0.15, 0.2) is 47.7 Å². The molecule has 0 saturated carbocycles. The summed E-state index contributed by atoms with van der Waals surface area (Å²) in [5, 5.41) is 8.74. The molecule has 0 fully saturated rings. The second kappa shape index (κ2) is 6.57. The van der Waals surface area contributed by atoms with Gasteiger partial charge < -0.3 is 5.73 Å². The average molecular weight is 437 g/mol. The standard InChI is InChI=1S/C17H17ClN6O2S2/c1-17(10-28(25,26)23(2)16(19)22-17)15-13(18)9-14(27-15)11-4-3-5-12(8-11)24-20-6-7-21-24/h3-9H,10H2,1-2H3,(H2,19,22). The number of rotatable bonds is 3. The highest BCUT2D eigenvalue weighted by atomic mass is 35.5. The van der Waals surface area contributed by atoms with Crippen LogP contribution in [0, 0.1) is 0 Å². The van der Waals surface area contributed by atoms with Gasteiger partial charge in [-0.2, -0.15) is 15.0 Å². The Morgan fingerprint density at radius 1 is 1.25 bits per heavy atom. The minimum Gasteiger partial charge on any atom is -0.369 e. The Bertz CT molecular complexity index is 1170. The van der Waals surface area contributed by atoms with E-state index in [9.17, 15) is 8.42 Å². The molecule has 146 valence electrons. The van der Waals surface area contributed by atoms with Crippen molar-refractivity contribution in [1.29, 1.82) is 0 Å². The van der Waals surface area contributed by atoms with E-state index in [0.29, 0.717) is 9.90 Å². The van der Waals surface area contributed by atoms with Crippen molar-refractivity contribution in [1.82, 2.24) is 19.3 Å². The van der Waals surface area contributed by atoms with Gasteiger partial charge in [-0.15, -0.1) is 11.3 Å². The van der Waals surface area contributed by atoms with Crippen LogP contribution in [0.2, 0.25) is 5.02 Å². The summed E-state index contributed by atoms with van der Waals surface area (Å²) in [4.78, 5) is 7.50. The number of aromatic nitrogens is 3. The number of sulfonamides is 1. The highest BCUT2D eigenvalue weighted by Crippen LogP contribution is 2.44. The van der Waals surface area contributed by atoms with Gasteiger partial charge in [0.15, 0.2) is 0 Å². The fourth-order valence-corrected chi connectivity index (χ4v) is 6.24. The minimum absolute atomic E-state index is 0.0495. The van der Waals surface area contributed by atoms with Gasteiger partial charge in [0.05, 0.1) is 33.7 Å². The van der Waals surface area contributed by atoms with Gasteiger partial charge in [-0.25, -0.2) is 17.7 Å². The Kier molecular flexibility index (Phi) is 4.44. The summed E-state index contributed by atoms with van der Waals surface area (Å²) < 4.78 is 25.9.